The van der Waals surface area contributed by atoms with Gasteiger partial charge in [-0.2, -0.15) is 0 Å². The van der Waals surface area contributed by atoms with Gasteiger partial charge in [-0.05, 0) is 55.0 Å². The summed E-state index contributed by atoms with van der Waals surface area (Å²) >= 11 is 3.40. The van der Waals surface area contributed by atoms with Gasteiger partial charge in [-0.3, -0.25) is 0 Å². The molecule has 0 aliphatic rings. The van der Waals surface area contributed by atoms with E-state index in [1.807, 2.05) is 13.1 Å². The highest BCUT2D eigenvalue weighted by Crippen LogP contribution is 2.26. The Labute approximate surface area is 150 Å². The van der Waals surface area contributed by atoms with Crippen LogP contribution < -0.4 is 4.74 Å². The molecule has 0 unspecified atom stereocenters. The van der Waals surface area contributed by atoms with Crippen LogP contribution >= 0.6 is 23.1 Å². The van der Waals surface area contributed by atoms with Crippen molar-refractivity contribution in [2.75, 3.05) is 12.4 Å². The van der Waals surface area contributed by atoms with Gasteiger partial charge in [-0.25, -0.2) is 0 Å². The molecule has 6 heteroatoms. The zero-order valence-electron chi connectivity index (χ0n) is 14.2. The van der Waals surface area contributed by atoms with Crippen molar-refractivity contribution in [1.82, 2.24) is 14.8 Å². The van der Waals surface area contributed by atoms with Crippen molar-refractivity contribution in [2.24, 2.45) is 7.05 Å². The largest absolute Gasteiger partial charge is 0.494 e. The van der Waals surface area contributed by atoms with Gasteiger partial charge in [0.15, 0.2) is 11.0 Å². The molecule has 24 heavy (non-hydrogen) atoms. The van der Waals surface area contributed by atoms with E-state index in [0.717, 1.165) is 33.8 Å². The minimum Gasteiger partial charge on any atom is -0.494 e. The molecule has 0 aliphatic heterocycles. The molecule has 2 heterocycles. The number of hydrogen-bond donors (Lipinski definition) is 0. The van der Waals surface area contributed by atoms with Gasteiger partial charge in [0.2, 0.25) is 0 Å². The highest BCUT2D eigenvalue weighted by Gasteiger charge is 2.11. The normalized spacial score (nSPS) is 11.0. The summed E-state index contributed by atoms with van der Waals surface area (Å²) in [5, 5.41) is 11.6. The van der Waals surface area contributed by atoms with Crippen LogP contribution in [-0.2, 0) is 7.05 Å². The molecule has 126 valence electrons. The summed E-state index contributed by atoms with van der Waals surface area (Å²) in [6.07, 6.45) is 0.971. The Morgan fingerprint density at radius 2 is 1.96 bits per heavy atom. The molecular formula is C18H21N3OS2. The van der Waals surface area contributed by atoms with Crippen LogP contribution in [0.5, 0.6) is 5.75 Å². The van der Waals surface area contributed by atoms with Crippen LogP contribution in [0, 0.1) is 13.8 Å². The van der Waals surface area contributed by atoms with Crippen LogP contribution in [0.2, 0.25) is 0 Å². The maximum atomic E-state index is 5.85. The summed E-state index contributed by atoms with van der Waals surface area (Å²) in [7, 11) is 2.02. The Balaban J connectivity index is 1.47. The molecule has 0 atom stereocenters. The number of aromatic nitrogens is 3. The van der Waals surface area contributed by atoms with Gasteiger partial charge < -0.3 is 9.30 Å². The van der Waals surface area contributed by atoms with Crippen molar-refractivity contribution in [1.29, 1.82) is 0 Å². The first-order valence-corrected chi connectivity index (χ1v) is 9.77. The van der Waals surface area contributed by atoms with Crippen LogP contribution in [0.3, 0.4) is 0 Å². The molecule has 2 aromatic heterocycles. The molecule has 0 saturated carbocycles. The van der Waals surface area contributed by atoms with Crippen LogP contribution in [0.15, 0.2) is 40.9 Å². The summed E-state index contributed by atoms with van der Waals surface area (Å²) in [6.45, 7) is 4.90. The fourth-order valence-corrected chi connectivity index (χ4v) is 4.06. The number of hydrogen-bond acceptors (Lipinski definition) is 5. The van der Waals surface area contributed by atoms with E-state index in [-0.39, 0.29) is 0 Å². The minimum absolute atomic E-state index is 0.714. The van der Waals surface area contributed by atoms with E-state index < -0.39 is 0 Å². The number of rotatable bonds is 7. The first kappa shape index (κ1) is 17.0. The molecule has 0 radical (unpaired) electrons. The summed E-state index contributed by atoms with van der Waals surface area (Å²) in [6, 6.07) is 10.4. The van der Waals surface area contributed by atoms with Crippen molar-refractivity contribution in [3.05, 3.63) is 46.8 Å². The van der Waals surface area contributed by atoms with E-state index in [2.05, 4.69) is 58.3 Å². The molecule has 4 nitrogen and oxygen atoms in total. The third-order valence-electron chi connectivity index (χ3n) is 3.56. The van der Waals surface area contributed by atoms with Crippen molar-refractivity contribution in [2.45, 2.75) is 25.4 Å². The minimum atomic E-state index is 0.714. The third kappa shape index (κ3) is 4.19. The predicted molar refractivity (Wildman–Crippen MR) is 101 cm³/mol. The molecule has 3 aromatic rings. The lowest BCUT2D eigenvalue weighted by molar-refractivity contribution is 0.318. The number of aryl methyl sites for hydroxylation is 2. The fraction of sp³-hybridized carbons (Fsp3) is 0.333. The lowest BCUT2D eigenvalue weighted by Gasteiger charge is -2.08. The van der Waals surface area contributed by atoms with Crippen LogP contribution in [0.4, 0.5) is 0 Å². The molecule has 0 N–H and O–H groups in total. The van der Waals surface area contributed by atoms with Crippen molar-refractivity contribution in [3.8, 4) is 16.5 Å². The summed E-state index contributed by atoms with van der Waals surface area (Å²) in [4.78, 5) is 1.15. The maximum absolute atomic E-state index is 5.85. The topological polar surface area (TPSA) is 39.9 Å². The van der Waals surface area contributed by atoms with Gasteiger partial charge in [0.05, 0.1) is 11.5 Å². The highest BCUT2D eigenvalue weighted by atomic mass is 32.2. The Bertz CT molecular complexity index is 776. The lowest BCUT2D eigenvalue weighted by Crippen LogP contribution is -2.00. The summed E-state index contributed by atoms with van der Waals surface area (Å²) in [5.41, 5.74) is 2.47. The van der Waals surface area contributed by atoms with Crippen molar-refractivity contribution < 1.29 is 4.74 Å². The molecule has 0 aliphatic carbocycles. The quantitative estimate of drug-likeness (QED) is 0.452. The predicted octanol–water partition coefficient (Wildman–Crippen LogP) is 4.72. The second kappa shape index (κ2) is 7.85. The second-order valence-corrected chi connectivity index (χ2v) is 7.73. The van der Waals surface area contributed by atoms with E-state index in [1.54, 1.807) is 23.1 Å². The molecule has 0 amide bonds. The van der Waals surface area contributed by atoms with Gasteiger partial charge in [-0.1, -0.05) is 23.9 Å². The van der Waals surface area contributed by atoms with Gasteiger partial charge in [0, 0.05) is 12.8 Å². The van der Waals surface area contributed by atoms with E-state index in [0.29, 0.717) is 6.61 Å². The van der Waals surface area contributed by atoms with E-state index in [1.165, 1.54) is 11.1 Å². The number of thioether (sulfide) groups is 1. The first-order valence-electron chi connectivity index (χ1n) is 7.90. The molecule has 0 spiro atoms. The summed E-state index contributed by atoms with van der Waals surface area (Å²) in [5.74, 6) is 2.84. The monoisotopic (exact) mass is 359 g/mol. The average Bonchev–Trinajstić information content (AvgIpc) is 3.16. The molecule has 0 bridgehead atoms. The average molecular weight is 360 g/mol. The first-order chi connectivity index (χ1) is 11.6. The van der Waals surface area contributed by atoms with Gasteiger partial charge in [0.25, 0.3) is 0 Å². The molecular weight excluding hydrogens is 338 g/mol. The standard InChI is InChI=1S/C18H21N3OS2/c1-13-10-14(2)12-15(11-13)22-7-5-9-24-18-20-19-17(21(18)3)16-6-4-8-23-16/h4,6,8,10-12H,5,7,9H2,1-3H3. The smallest absolute Gasteiger partial charge is 0.191 e. The zero-order chi connectivity index (χ0) is 16.9. The Morgan fingerprint density at radius 1 is 1.17 bits per heavy atom. The molecule has 3 rings (SSSR count). The number of nitrogens with zero attached hydrogens (tertiary/aromatic N) is 3. The third-order valence-corrected chi connectivity index (χ3v) is 5.53. The van der Waals surface area contributed by atoms with Gasteiger partial charge in [0.1, 0.15) is 5.75 Å². The van der Waals surface area contributed by atoms with E-state index in [4.69, 9.17) is 4.74 Å². The molecule has 0 fully saturated rings. The SMILES string of the molecule is Cc1cc(C)cc(OCCCSc2nnc(-c3cccs3)n2C)c1. The van der Waals surface area contributed by atoms with E-state index in [9.17, 15) is 0 Å². The zero-order valence-corrected chi connectivity index (χ0v) is 15.8. The van der Waals surface area contributed by atoms with Gasteiger partial charge in [-0.15, -0.1) is 21.5 Å². The fourth-order valence-electron chi connectivity index (χ4n) is 2.49. The van der Waals surface area contributed by atoms with Gasteiger partial charge >= 0.3 is 0 Å². The number of ether oxygens (including phenoxy) is 1. The lowest BCUT2D eigenvalue weighted by atomic mass is 10.1. The number of thiophene rings is 1. The Hall–Kier alpha value is -1.79. The maximum Gasteiger partial charge on any atom is 0.191 e. The van der Waals surface area contributed by atoms with Crippen LogP contribution in [-0.4, -0.2) is 27.1 Å². The summed E-state index contributed by atoms with van der Waals surface area (Å²) < 4.78 is 7.90. The van der Waals surface area contributed by atoms with Crippen molar-refractivity contribution >= 4 is 23.1 Å². The second-order valence-electron chi connectivity index (χ2n) is 5.72. The van der Waals surface area contributed by atoms with Crippen molar-refractivity contribution in [3.63, 3.8) is 0 Å². The Morgan fingerprint density at radius 3 is 2.67 bits per heavy atom. The van der Waals surface area contributed by atoms with E-state index >= 15 is 0 Å². The van der Waals surface area contributed by atoms with Crippen LogP contribution in [0.25, 0.3) is 10.7 Å². The number of benzene rings is 1. The van der Waals surface area contributed by atoms with Crippen LogP contribution in [0.1, 0.15) is 17.5 Å². The molecule has 0 saturated heterocycles. The molecule has 1 aromatic carbocycles. The Kier molecular flexibility index (Phi) is 5.58. The highest BCUT2D eigenvalue weighted by molar-refractivity contribution is 7.99.